The maximum atomic E-state index is 11.6. The zero-order chi connectivity index (χ0) is 12.4. The standard InChI is InChI=1S/C10H11ClN2O3S/c11-3-1-2-6-5-17-8-4-7(14)13(8)9(6)10(15)16-12/h1-2,8H,3-5,12H2. The first-order chi connectivity index (χ1) is 8.19. The molecule has 2 N–H and O–H groups in total. The molecule has 1 saturated heterocycles. The van der Waals surface area contributed by atoms with Gasteiger partial charge in [-0.15, -0.1) is 23.4 Å². The van der Waals surface area contributed by atoms with Gasteiger partial charge in [-0.25, -0.2) is 4.79 Å². The third-order valence-electron chi connectivity index (χ3n) is 2.59. The molecule has 1 atom stereocenters. The van der Waals surface area contributed by atoms with Crippen LogP contribution in [0.4, 0.5) is 0 Å². The van der Waals surface area contributed by atoms with Crippen LogP contribution < -0.4 is 5.90 Å². The summed E-state index contributed by atoms with van der Waals surface area (Å²) in [5, 5.41) is 0.0322. The van der Waals surface area contributed by atoms with Gasteiger partial charge < -0.3 is 4.84 Å². The molecular formula is C10H11ClN2O3S. The van der Waals surface area contributed by atoms with Crippen LogP contribution in [-0.2, 0) is 14.4 Å². The molecule has 0 aromatic heterocycles. The Hall–Kier alpha value is -0.980. The second-order valence-corrected chi connectivity index (χ2v) is 5.04. The summed E-state index contributed by atoms with van der Waals surface area (Å²) in [6, 6.07) is 0. The minimum Gasteiger partial charge on any atom is -0.369 e. The molecule has 0 bridgehead atoms. The van der Waals surface area contributed by atoms with E-state index in [2.05, 4.69) is 4.84 Å². The Bertz CT molecular complexity index is 422. The number of fused-ring (bicyclic) bond motifs is 1. The lowest BCUT2D eigenvalue weighted by Crippen LogP contribution is -2.54. The highest BCUT2D eigenvalue weighted by Gasteiger charge is 2.45. The number of alkyl halides is 1. The Balaban J connectivity index is 2.36. The Morgan fingerprint density at radius 3 is 3.06 bits per heavy atom. The van der Waals surface area contributed by atoms with Crippen molar-refractivity contribution in [3.8, 4) is 0 Å². The van der Waals surface area contributed by atoms with Gasteiger partial charge in [0.2, 0.25) is 5.91 Å². The molecule has 1 fully saturated rings. The summed E-state index contributed by atoms with van der Waals surface area (Å²) in [4.78, 5) is 28.8. The number of carbonyl (C=O) groups is 2. The van der Waals surface area contributed by atoms with Gasteiger partial charge in [-0.3, -0.25) is 9.69 Å². The fraction of sp³-hybridized carbons (Fsp3) is 0.400. The third kappa shape index (κ3) is 2.20. The molecule has 0 spiro atoms. The van der Waals surface area contributed by atoms with E-state index in [1.807, 2.05) is 0 Å². The van der Waals surface area contributed by atoms with Crippen molar-refractivity contribution >= 4 is 35.2 Å². The molecule has 0 saturated carbocycles. The van der Waals surface area contributed by atoms with Crippen molar-refractivity contribution in [2.75, 3.05) is 11.6 Å². The Kier molecular flexibility index (Phi) is 3.76. The number of halogens is 1. The van der Waals surface area contributed by atoms with E-state index < -0.39 is 5.97 Å². The summed E-state index contributed by atoms with van der Waals surface area (Å²) in [5.74, 6) is 5.11. The highest BCUT2D eigenvalue weighted by atomic mass is 35.5. The summed E-state index contributed by atoms with van der Waals surface area (Å²) in [6.07, 6.45) is 3.90. The number of carbonyl (C=O) groups excluding carboxylic acids is 2. The maximum absolute atomic E-state index is 11.6. The Labute approximate surface area is 108 Å². The third-order valence-corrected chi connectivity index (χ3v) is 4.01. The Morgan fingerprint density at radius 1 is 1.71 bits per heavy atom. The van der Waals surface area contributed by atoms with E-state index in [9.17, 15) is 9.59 Å². The van der Waals surface area contributed by atoms with E-state index in [0.717, 1.165) is 5.57 Å². The van der Waals surface area contributed by atoms with E-state index in [1.54, 1.807) is 23.9 Å². The van der Waals surface area contributed by atoms with Crippen LogP contribution in [0.1, 0.15) is 6.42 Å². The van der Waals surface area contributed by atoms with Crippen molar-refractivity contribution in [2.24, 2.45) is 5.90 Å². The Morgan fingerprint density at radius 2 is 2.47 bits per heavy atom. The second-order valence-electron chi connectivity index (χ2n) is 3.57. The first-order valence-corrected chi connectivity index (χ1v) is 6.57. The van der Waals surface area contributed by atoms with Gasteiger partial charge in [0.15, 0.2) is 0 Å². The van der Waals surface area contributed by atoms with Crippen LogP contribution in [0.15, 0.2) is 23.4 Å². The maximum Gasteiger partial charge on any atom is 0.373 e. The molecule has 1 amide bonds. The van der Waals surface area contributed by atoms with Crippen molar-refractivity contribution in [1.29, 1.82) is 0 Å². The number of β-lactam (4-membered cyclic amide) rings is 1. The van der Waals surface area contributed by atoms with Gasteiger partial charge in [0.25, 0.3) is 0 Å². The number of thioether (sulfide) groups is 1. The van der Waals surface area contributed by atoms with E-state index >= 15 is 0 Å². The molecule has 1 unspecified atom stereocenters. The predicted molar refractivity (Wildman–Crippen MR) is 64.9 cm³/mol. The van der Waals surface area contributed by atoms with Gasteiger partial charge in [-0.05, 0) is 5.57 Å². The van der Waals surface area contributed by atoms with Crippen LogP contribution in [0, 0.1) is 0 Å². The minimum atomic E-state index is -0.683. The van der Waals surface area contributed by atoms with Gasteiger partial charge in [0.05, 0.1) is 11.8 Å². The molecule has 92 valence electrons. The normalized spacial score (nSPS) is 23.8. The zero-order valence-electron chi connectivity index (χ0n) is 8.89. The second kappa shape index (κ2) is 5.12. The minimum absolute atomic E-state index is 0.0322. The van der Waals surface area contributed by atoms with Crippen LogP contribution in [0.3, 0.4) is 0 Å². The summed E-state index contributed by atoms with van der Waals surface area (Å²) in [5.41, 5.74) is 0.962. The summed E-state index contributed by atoms with van der Waals surface area (Å²) in [7, 11) is 0. The topological polar surface area (TPSA) is 72.6 Å². The number of hydrogen-bond acceptors (Lipinski definition) is 5. The quantitative estimate of drug-likeness (QED) is 0.467. The van der Waals surface area contributed by atoms with Crippen LogP contribution in [0.25, 0.3) is 0 Å². The van der Waals surface area contributed by atoms with Gasteiger partial charge >= 0.3 is 5.97 Å². The monoisotopic (exact) mass is 274 g/mol. The molecule has 0 radical (unpaired) electrons. The average Bonchev–Trinajstić information content (AvgIpc) is 2.34. The number of nitrogens with two attached hydrogens (primary N) is 1. The van der Waals surface area contributed by atoms with Gasteiger partial charge in [0.1, 0.15) is 5.70 Å². The van der Waals surface area contributed by atoms with Crippen molar-refractivity contribution < 1.29 is 14.4 Å². The van der Waals surface area contributed by atoms with Crippen LogP contribution >= 0.6 is 23.4 Å². The van der Waals surface area contributed by atoms with Crippen LogP contribution in [-0.4, -0.2) is 33.8 Å². The molecule has 0 aromatic rings. The fourth-order valence-corrected chi connectivity index (χ4v) is 3.12. The molecule has 17 heavy (non-hydrogen) atoms. The molecule has 0 aromatic carbocycles. The number of hydrogen-bond donors (Lipinski definition) is 1. The zero-order valence-corrected chi connectivity index (χ0v) is 10.5. The molecular weight excluding hydrogens is 264 g/mol. The van der Waals surface area contributed by atoms with Crippen molar-refractivity contribution in [3.63, 3.8) is 0 Å². The van der Waals surface area contributed by atoms with Crippen molar-refractivity contribution in [3.05, 3.63) is 23.4 Å². The van der Waals surface area contributed by atoms with E-state index in [4.69, 9.17) is 17.5 Å². The lowest BCUT2D eigenvalue weighted by molar-refractivity contribution is -0.149. The number of amides is 1. The molecule has 0 aliphatic carbocycles. The van der Waals surface area contributed by atoms with Gasteiger partial charge in [-0.2, -0.15) is 5.90 Å². The number of allylic oxidation sites excluding steroid dienone is 2. The van der Waals surface area contributed by atoms with Crippen molar-refractivity contribution in [1.82, 2.24) is 4.90 Å². The first-order valence-electron chi connectivity index (χ1n) is 4.99. The largest absolute Gasteiger partial charge is 0.373 e. The number of nitrogens with zero attached hydrogens (tertiary/aromatic N) is 1. The first kappa shape index (κ1) is 12.5. The molecule has 7 heteroatoms. The highest BCUT2D eigenvalue weighted by Crippen LogP contribution is 2.40. The summed E-state index contributed by atoms with van der Waals surface area (Å²) < 4.78 is 0. The fourth-order valence-electron chi connectivity index (χ4n) is 1.80. The highest BCUT2D eigenvalue weighted by molar-refractivity contribution is 8.00. The summed E-state index contributed by atoms with van der Waals surface area (Å²) in [6.45, 7) is 0. The molecule has 2 heterocycles. The molecule has 2 aliphatic rings. The molecule has 2 aliphatic heterocycles. The summed E-state index contributed by atoms with van der Waals surface area (Å²) >= 11 is 7.16. The van der Waals surface area contributed by atoms with Crippen LogP contribution in [0.5, 0.6) is 0 Å². The lowest BCUT2D eigenvalue weighted by Gasteiger charge is -2.43. The van der Waals surface area contributed by atoms with E-state index in [0.29, 0.717) is 18.1 Å². The van der Waals surface area contributed by atoms with Crippen LogP contribution in [0.2, 0.25) is 0 Å². The molecule has 2 rings (SSSR count). The van der Waals surface area contributed by atoms with Gasteiger partial charge in [-0.1, -0.05) is 12.2 Å². The SMILES string of the molecule is NOC(=O)C1=C(C=CCCl)CSC2CC(=O)N12. The van der Waals surface area contributed by atoms with Crippen molar-refractivity contribution in [2.45, 2.75) is 11.8 Å². The van der Waals surface area contributed by atoms with E-state index in [1.165, 1.54) is 4.90 Å². The van der Waals surface area contributed by atoms with Gasteiger partial charge in [0, 0.05) is 11.6 Å². The lowest BCUT2D eigenvalue weighted by atomic mass is 10.1. The average molecular weight is 275 g/mol. The smallest absolute Gasteiger partial charge is 0.369 e. The predicted octanol–water partition coefficient (Wildman–Crippen LogP) is 0.758. The van der Waals surface area contributed by atoms with E-state index in [-0.39, 0.29) is 17.0 Å². The number of rotatable bonds is 3. The molecule has 5 nitrogen and oxygen atoms in total.